The smallest absolute Gasteiger partial charge is 0.404 e. The number of aromatic nitrogens is 1. The van der Waals surface area contributed by atoms with E-state index in [1.807, 2.05) is 29.7 Å². The Hall–Kier alpha value is -4.61. The van der Waals surface area contributed by atoms with Crippen molar-refractivity contribution >= 4 is 56.6 Å². The Morgan fingerprint density at radius 1 is 1.04 bits per heavy atom. The highest BCUT2D eigenvalue weighted by Crippen LogP contribution is 2.34. The number of nitrogens with zero attached hydrogens (tertiary/aromatic N) is 4. The minimum absolute atomic E-state index is 0.0788. The Labute approximate surface area is 324 Å². The van der Waals surface area contributed by atoms with Crippen LogP contribution in [-0.2, 0) is 27.8 Å². The van der Waals surface area contributed by atoms with Crippen LogP contribution in [0.15, 0.2) is 59.3 Å². The maximum Gasteiger partial charge on any atom is 0.404 e. The number of carbonyl (C=O) groups is 4. The van der Waals surface area contributed by atoms with E-state index in [0.29, 0.717) is 55.4 Å². The fourth-order valence-corrected chi connectivity index (χ4v) is 9.98. The minimum Gasteiger partial charge on any atom is -0.465 e. The van der Waals surface area contributed by atoms with Crippen LogP contribution in [0.2, 0.25) is 0 Å². The molecule has 3 fully saturated rings. The Kier molecular flexibility index (Phi) is 12.4. The first-order valence-electron chi connectivity index (χ1n) is 18.4. The summed E-state index contributed by atoms with van der Waals surface area (Å²) in [7, 11) is -0.679. The third kappa shape index (κ3) is 9.10. The molecule has 1 aromatic heterocycles. The number of carbonyl (C=O) groups excluding carboxylic acids is 3. The molecule has 0 saturated carbocycles. The molecule has 0 aliphatic carbocycles. The number of amides is 5. The molecule has 4 heterocycles. The van der Waals surface area contributed by atoms with Gasteiger partial charge >= 0.3 is 12.1 Å². The van der Waals surface area contributed by atoms with Gasteiger partial charge in [0.1, 0.15) is 5.83 Å². The van der Waals surface area contributed by atoms with Crippen molar-refractivity contribution in [2.24, 2.45) is 0 Å². The standard InChI is InChI=1S/C38H48FN7O7S2/c1-24-29(20-25-8-11-28(12-9-25)55(52,53)43(2)3)30-21-26(10-13-32(30)46(24)22-27(39)14-15-40-38(50)51)36(48)45-18-16-44(17-19-45)34(47)7-5-4-6-33-35-31(23-54-33)41-37(49)42-35/h8-14,21,31,33,35,40H,4-7,15-20,22-23H2,1-3H3,(H,50,51)(H2,41,42,49)/b27-14-/t31-,33-,35-/m0/s1. The Balaban J connectivity index is 1.12. The van der Waals surface area contributed by atoms with Gasteiger partial charge in [-0.2, -0.15) is 11.8 Å². The highest BCUT2D eigenvalue weighted by atomic mass is 32.2. The van der Waals surface area contributed by atoms with Gasteiger partial charge in [-0.3, -0.25) is 9.59 Å². The number of carboxylic acid groups (broad SMARTS) is 1. The Morgan fingerprint density at radius 2 is 1.75 bits per heavy atom. The molecule has 3 aliphatic heterocycles. The first-order chi connectivity index (χ1) is 26.2. The summed E-state index contributed by atoms with van der Waals surface area (Å²) >= 11 is 1.87. The molecule has 2 aromatic carbocycles. The van der Waals surface area contributed by atoms with Crippen molar-refractivity contribution in [3.63, 3.8) is 0 Å². The first-order valence-corrected chi connectivity index (χ1v) is 20.9. The van der Waals surface area contributed by atoms with Crippen molar-refractivity contribution in [3.8, 4) is 0 Å². The number of piperazine rings is 1. The van der Waals surface area contributed by atoms with Gasteiger partial charge in [0, 0.05) is 86.4 Å². The first kappa shape index (κ1) is 40.1. The molecule has 3 aliphatic rings. The van der Waals surface area contributed by atoms with Gasteiger partial charge in [-0.1, -0.05) is 18.6 Å². The summed E-state index contributed by atoms with van der Waals surface area (Å²) in [6.45, 7) is 3.19. The highest BCUT2D eigenvalue weighted by molar-refractivity contribution is 8.00. The van der Waals surface area contributed by atoms with Gasteiger partial charge in [-0.25, -0.2) is 26.7 Å². The van der Waals surface area contributed by atoms with E-state index in [9.17, 15) is 27.6 Å². The predicted molar refractivity (Wildman–Crippen MR) is 208 cm³/mol. The number of halogens is 1. The number of benzene rings is 2. The third-order valence-electron chi connectivity index (χ3n) is 10.7. The van der Waals surface area contributed by atoms with Crippen molar-refractivity contribution in [2.45, 2.75) is 67.8 Å². The molecule has 296 valence electrons. The van der Waals surface area contributed by atoms with E-state index in [0.717, 1.165) is 51.5 Å². The molecule has 0 spiro atoms. The normalized spacial score (nSPS) is 20.1. The third-order valence-corrected chi connectivity index (χ3v) is 14.0. The molecule has 55 heavy (non-hydrogen) atoms. The topological polar surface area (TPSA) is 173 Å². The monoisotopic (exact) mass is 797 g/mol. The molecule has 6 rings (SSSR count). The zero-order valence-electron chi connectivity index (χ0n) is 31.2. The number of fused-ring (bicyclic) bond motifs is 2. The lowest BCUT2D eigenvalue weighted by Gasteiger charge is -2.35. The number of thioether (sulfide) groups is 1. The van der Waals surface area contributed by atoms with Crippen LogP contribution in [0.1, 0.15) is 52.9 Å². The van der Waals surface area contributed by atoms with Crippen molar-refractivity contribution < 1.29 is 37.1 Å². The second kappa shape index (κ2) is 17.0. The van der Waals surface area contributed by atoms with Gasteiger partial charge in [0.25, 0.3) is 5.91 Å². The molecule has 0 bridgehead atoms. The maximum atomic E-state index is 15.1. The lowest BCUT2D eigenvalue weighted by molar-refractivity contribution is -0.132. The van der Waals surface area contributed by atoms with Gasteiger partial charge in [-0.15, -0.1) is 0 Å². The lowest BCUT2D eigenvalue weighted by atomic mass is 10.0. The fraction of sp³-hybridized carbons (Fsp3) is 0.474. The molecule has 3 atom stereocenters. The van der Waals surface area contributed by atoms with Crippen LogP contribution in [0.4, 0.5) is 14.0 Å². The van der Waals surface area contributed by atoms with Gasteiger partial charge in [0.15, 0.2) is 0 Å². The average molecular weight is 798 g/mol. The van der Waals surface area contributed by atoms with Crippen LogP contribution in [0, 0.1) is 6.92 Å². The molecular formula is C38H48FN7O7S2. The fourth-order valence-electron chi connectivity index (χ4n) is 7.53. The molecule has 0 unspecified atom stereocenters. The van der Waals surface area contributed by atoms with E-state index in [-0.39, 0.29) is 47.9 Å². The number of urea groups is 1. The minimum atomic E-state index is -3.62. The maximum absolute atomic E-state index is 15.1. The number of hydrogen-bond acceptors (Lipinski definition) is 7. The number of unbranched alkanes of at least 4 members (excludes halogenated alkanes) is 1. The molecule has 3 saturated heterocycles. The predicted octanol–water partition coefficient (Wildman–Crippen LogP) is 3.92. The van der Waals surface area contributed by atoms with Gasteiger partial charge in [0.05, 0.1) is 23.5 Å². The molecule has 4 N–H and O–H groups in total. The number of rotatable bonds is 14. The van der Waals surface area contributed by atoms with Crippen LogP contribution in [0.3, 0.4) is 0 Å². The second-order valence-electron chi connectivity index (χ2n) is 14.4. The Bertz CT molecular complexity index is 2080. The summed E-state index contributed by atoms with van der Waals surface area (Å²) in [6.07, 6.45) is 3.36. The molecule has 17 heteroatoms. The van der Waals surface area contributed by atoms with Crippen LogP contribution in [-0.4, -0.2) is 126 Å². The van der Waals surface area contributed by atoms with E-state index in [2.05, 4.69) is 16.0 Å². The number of nitrogens with one attached hydrogen (secondary N) is 3. The van der Waals surface area contributed by atoms with Crippen LogP contribution in [0.25, 0.3) is 10.9 Å². The van der Waals surface area contributed by atoms with Crippen molar-refractivity contribution in [3.05, 3.63) is 76.8 Å². The van der Waals surface area contributed by atoms with Crippen LogP contribution < -0.4 is 16.0 Å². The molecule has 0 radical (unpaired) electrons. The van der Waals surface area contributed by atoms with E-state index < -0.39 is 21.9 Å². The molecular weight excluding hydrogens is 750 g/mol. The number of hydrogen-bond donors (Lipinski definition) is 4. The molecule has 5 amide bonds. The summed E-state index contributed by atoms with van der Waals surface area (Å²) < 4.78 is 43.3. The van der Waals surface area contributed by atoms with Gasteiger partial charge in [0.2, 0.25) is 15.9 Å². The summed E-state index contributed by atoms with van der Waals surface area (Å²) in [5, 5.41) is 18.1. The van der Waals surface area contributed by atoms with Crippen molar-refractivity contribution in [1.82, 2.24) is 34.6 Å². The van der Waals surface area contributed by atoms with E-state index in [4.69, 9.17) is 5.11 Å². The van der Waals surface area contributed by atoms with E-state index >= 15 is 4.39 Å². The summed E-state index contributed by atoms with van der Waals surface area (Å²) in [4.78, 5) is 53.1. The van der Waals surface area contributed by atoms with Crippen molar-refractivity contribution in [2.75, 3.05) is 52.6 Å². The summed E-state index contributed by atoms with van der Waals surface area (Å²) in [5.41, 5.74) is 3.57. The largest absolute Gasteiger partial charge is 0.465 e. The Morgan fingerprint density at radius 3 is 2.44 bits per heavy atom. The summed E-state index contributed by atoms with van der Waals surface area (Å²) in [6, 6.07) is 12.1. The zero-order valence-corrected chi connectivity index (χ0v) is 32.8. The molecule has 3 aromatic rings. The average Bonchev–Trinajstić information content (AvgIpc) is 3.80. The van der Waals surface area contributed by atoms with Gasteiger partial charge in [-0.05, 0) is 73.7 Å². The number of sulfonamides is 1. The van der Waals surface area contributed by atoms with E-state index in [1.165, 1.54) is 20.2 Å². The van der Waals surface area contributed by atoms with E-state index in [1.54, 1.807) is 45.9 Å². The molecule has 14 nitrogen and oxygen atoms in total. The van der Waals surface area contributed by atoms with Crippen LogP contribution >= 0.6 is 11.8 Å². The van der Waals surface area contributed by atoms with Crippen molar-refractivity contribution in [1.29, 1.82) is 0 Å². The lowest BCUT2D eigenvalue weighted by Crippen LogP contribution is -2.50. The SMILES string of the molecule is Cc1c(Cc2ccc(S(=O)(=O)N(C)C)cc2)c2cc(C(=O)N3CCN(C(=O)CCCC[C@@H]4SC[C@@H]5NC(=O)N[C@@H]54)CC3)ccc2n1C/C(F)=C/CNC(=O)O. The quantitative estimate of drug-likeness (QED) is 0.140. The second-order valence-corrected chi connectivity index (χ2v) is 17.8. The summed E-state index contributed by atoms with van der Waals surface area (Å²) in [5.74, 6) is 0.283. The van der Waals surface area contributed by atoms with Gasteiger partial charge < -0.3 is 35.4 Å². The van der Waals surface area contributed by atoms with Crippen LogP contribution in [0.5, 0.6) is 0 Å². The zero-order chi connectivity index (χ0) is 39.4. The number of allylic oxidation sites excluding steroid dienone is 1. The highest BCUT2D eigenvalue weighted by Gasteiger charge is 2.42.